The number of amides is 1. The van der Waals surface area contributed by atoms with Crippen LogP contribution in [0.3, 0.4) is 0 Å². The molecule has 4 aromatic rings. The van der Waals surface area contributed by atoms with Gasteiger partial charge in [-0.05, 0) is 66.3 Å². The molecule has 0 radical (unpaired) electrons. The van der Waals surface area contributed by atoms with E-state index in [0.29, 0.717) is 23.4 Å². The van der Waals surface area contributed by atoms with Crippen LogP contribution in [0.15, 0.2) is 79.3 Å². The van der Waals surface area contributed by atoms with Gasteiger partial charge in [-0.2, -0.15) is 13.2 Å². The lowest BCUT2D eigenvalue weighted by Gasteiger charge is -2.28. The minimum absolute atomic E-state index is 0.0365. The highest BCUT2D eigenvalue weighted by molar-refractivity contribution is 5.96. The van der Waals surface area contributed by atoms with E-state index in [-0.39, 0.29) is 12.0 Å². The zero-order valence-electron chi connectivity index (χ0n) is 24.2. The molecule has 44 heavy (non-hydrogen) atoms. The van der Waals surface area contributed by atoms with Crippen molar-refractivity contribution in [3.05, 3.63) is 102 Å². The van der Waals surface area contributed by atoms with Gasteiger partial charge in [0.25, 0.3) is 5.91 Å². The molecule has 1 atom stereocenters. The number of halogens is 3. The monoisotopic (exact) mass is 602 g/mol. The summed E-state index contributed by atoms with van der Waals surface area (Å²) in [7, 11) is 0. The zero-order valence-corrected chi connectivity index (χ0v) is 24.2. The van der Waals surface area contributed by atoms with Gasteiger partial charge in [0.05, 0.1) is 5.56 Å². The van der Waals surface area contributed by atoms with Crippen LogP contribution in [-0.2, 0) is 17.4 Å². The molecule has 1 saturated carbocycles. The van der Waals surface area contributed by atoms with Gasteiger partial charge in [0.2, 0.25) is 0 Å². The fraction of sp³-hybridized carbons (Fsp3) is 0.324. The molecule has 5 rings (SSSR count). The van der Waals surface area contributed by atoms with Crippen LogP contribution in [0.2, 0.25) is 0 Å². The van der Waals surface area contributed by atoms with Gasteiger partial charge in [0.1, 0.15) is 11.7 Å². The Morgan fingerprint density at radius 2 is 1.48 bits per heavy atom. The summed E-state index contributed by atoms with van der Waals surface area (Å²) in [4.78, 5) is 36.6. The number of benzene rings is 2. The van der Waals surface area contributed by atoms with Crippen molar-refractivity contribution in [3.8, 4) is 22.5 Å². The maximum atomic E-state index is 12.7. The van der Waals surface area contributed by atoms with Crippen LogP contribution in [0.4, 0.5) is 13.2 Å². The maximum absolute atomic E-state index is 12.7. The average Bonchev–Trinajstić information content (AvgIpc) is 3.04. The number of hydrogen-bond acceptors (Lipinski definition) is 5. The molecule has 2 aromatic heterocycles. The van der Waals surface area contributed by atoms with E-state index in [2.05, 4.69) is 51.5 Å². The lowest BCUT2D eigenvalue weighted by Crippen LogP contribution is -2.42. The summed E-state index contributed by atoms with van der Waals surface area (Å²) in [6.07, 6.45) is 6.03. The third-order valence-corrected chi connectivity index (χ3v) is 8.36. The largest absolute Gasteiger partial charge is 0.480 e. The van der Waals surface area contributed by atoms with E-state index in [4.69, 9.17) is 0 Å². The maximum Gasteiger partial charge on any atom is 0.433 e. The van der Waals surface area contributed by atoms with Gasteiger partial charge in [-0.15, -0.1) is 0 Å². The second kappa shape index (κ2) is 13.4. The van der Waals surface area contributed by atoms with Gasteiger partial charge in [-0.3, -0.25) is 9.78 Å². The van der Waals surface area contributed by atoms with Gasteiger partial charge in [0, 0.05) is 36.1 Å². The standard InChI is InChI=1S/C34H33F3N4O3/c1-2-21-3-7-23(8-4-21)24-11-13-25(14-12-24)28-19-39-31(40-20-28)26-9-5-22(6-10-26)17-29(33(43)44)41-32(42)27-15-16-30(38-18-27)34(35,36)37/h5-6,9-16,18-21,23,29H,2-4,7-8,17H2,1H3,(H,41,42)(H,43,44)/t21?,23?,29-/m0/s1. The summed E-state index contributed by atoms with van der Waals surface area (Å²) < 4.78 is 38.2. The summed E-state index contributed by atoms with van der Waals surface area (Å²) in [5.41, 5.74) is 3.41. The molecular formula is C34H33F3N4O3. The Morgan fingerprint density at radius 1 is 0.841 bits per heavy atom. The Morgan fingerprint density at radius 3 is 2.02 bits per heavy atom. The highest BCUT2D eigenvalue weighted by atomic mass is 19.4. The smallest absolute Gasteiger partial charge is 0.433 e. The number of carboxylic acids is 1. The molecule has 1 fully saturated rings. The summed E-state index contributed by atoms with van der Waals surface area (Å²) >= 11 is 0. The predicted molar refractivity (Wildman–Crippen MR) is 160 cm³/mol. The molecule has 228 valence electrons. The van der Waals surface area contributed by atoms with Crippen molar-refractivity contribution in [1.82, 2.24) is 20.3 Å². The first-order valence-corrected chi connectivity index (χ1v) is 14.7. The number of hydrogen-bond donors (Lipinski definition) is 2. The molecule has 2 N–H and O–H groups in total. The molecule has 7 nitrogen and oxygen atoms in total. The molecule has 1 aliphatic carbocycles. The molecule has 0 aliphatic heterocycles. The predicted octanol–water partition coefficient (Wildman–Crippen LogP) is 7.33. The molecule has 2 heterocycles. The Bertz CT molecular complexity index is 1570. The third kappa shape index (κ3) is 7.48. The second-order valence-electron chi connectivity index (χ2n) is 11.2. The third-order valence-electron chi connectivity index (χ3n) is 8.36. The average molecular weight is 603 g/mol. The molecular weight excluding hydrogens is 569 g/mol. The number of nitrogens with zero attached hydrogens (tertiary/aromatic N) is 3. The fourth-order valence-corrected chi connectivity index (χ4v) is 5.64. The molecule has 0 bridgehead atoms. The highest BCUT2D eigenvalue weighted by Gasteiger charge is 2.32. The van der Waals surface area contributed by atoms with Crippen molar-refractivity contribution in [3.63, 3.8) is 0 Å². The molecule has 1 aliphatic rings. The van der Waals surface area contributed by atoms with Crippen LogP contribution in [0, 0.1) is 5.92 Å². The Labute approximate surface area is 253 Å². The zero-order chi connectivity index (χ0) is 31.3. The minimum Gasteiger partial charge on any atom is -0.480 e. The first-order chi connectivity index (χ1) is 21.1. The van der Waals surface area contributed by atoms with E-state index in [0.717, 1.165) is 34.9 Å². The summed E-state index contributed by atoms with van der Waals surface area (Å²) in [5, 5.41) is 12.0. The van der Waals surface area contributed by atoms with Crippen LogP contribution >= 0.6 is 0 Å². The quantitative estimate of drug-likeness (QED) is 0.208. The Hall–Kier alpha value is -4.60. The number of carbonyl (C=O) groups excluding carboxylic acids is 1. The topological polar surface area (TPSA) is 105 Å². The minimum atomic E-state index is -4.64. The number of alkyl halides is 3. The summed E-state index contributed by atoms with van der Waals surface area (Å²) in [6, 6.07) is 16.0. The number of aromatic nitrogens is 3. The van der Waals surface area contributed by atoms with Gasteiger partial charge >= 0.3 is 12.1 Å². The second-order valence-corrected chi connectivity index (χ2v) is 11.2. The van der Waals surface area contributed by atoms with Crippen LogP contribution in [0.1, 0.15) is 72.1 Å². The molecule has 0 saturated heterocycles. The highest BCUT2D eigenvalue weighted by Crippen LogP contribution is 2.37. The van der Waals surface area contributed by atoms with Crippen LogP contribution in [0.5, 0.6) is 0 Å². The van der Waals surface area contributed by atoms with Crippen molar-refractivity contribution >= 4 is 11.9 Å². The first-order valence-electron chi connectivity index (χ1n) is 14.7. The van der Waals surface area contributed by atoms with Gasteiger partial charge < -0.3 is 10.4 Å². The summed E-state index contributed by atoms with van der Waals surface area (Å²) in [6.45, 7) is 2.28. The number of carboxylic acid groups (broad SMARTS) is 1. The number of aliphatic carboxylic acids is 1. The number of pyridine rings is 1. The van der Waals surface area contributed by atoms with Gasteiger partial charge in [0.15, 0.2) is 5.82 Å². The summed E-state index contributed by atoms with van der Waals surface area (Å²) in [5.74, 6) is -0.0987. The SMILES string of the molecule is CCC1CCC(c2ccc(-c3cnc(-c4ccc(C[C@H](NC(=O)c5ccc(C(F)(F)F)nc5)C(=O)O)cc4)nc3)cc2)CC1. The normalized spacial score (nSPS) is 17.5. The lowest BCUT2D eigenvalue weighted by atomic mass is 9.78. The lowest BCUT2D eigenvalue weighted by molar-refractivity contribution is -0.141. The Kier molecular flexibility index (Phi) is 9.37. The molecule has 10 heteroatoms. The molecule has 0 unspecified atom stereocenters. The van der Waals surface area contributed by atoms with Crippen molar-refractivity contribution in [1.29, 1.82) is 0 Å². The van der Waals surface area contributed by atoms with E-state index in [9.17, 15) is 27.9 Å². The van der Waals surface area contributed by atoms with Gasteiger partial charge in [-0.25, -0.2) is 14.8 Å². The van der Waals surface area contributed by atoms with Crippen molar-refractivity contribution in [2.45, 2.75) is 63.6 Å². The fourth-order valence-electron chi connectivity index (χ4n) is 5.64. The number of carbonyl (C=O) groups is 2. The first kappa shape index (κ1) is 30.8. The van der Waals surface area contributed by atoms with E-state index in [1.807, 2.05) is 0 Å². The van der Waals surface area contributed by atoms with Crippen molar-refractivity contribution in [2.24, 2.45) is 5.92 Å². The number of rotatable bonds is 9. The van der Waals surface area contributed by atoms with Crippen molar-refractivity contribution < 1.29 is 27.9 Å². The van der Waals surface area contributed by atoms with Crippen LogP contribution in [0.25, 0.3) is 22.5 Å². The number of nitrogens with one attached hydrogen (secondary N) is 1. The van der Waals surface area contributed by atoms with E-state index < -0.39 is 29.8 Å². The van der Waals surface area contributed by atoms with Crippen LogP contribution < -0.4 is 5.32 Å². The molecule has 2 aromatic carbocycles. The van der Waals surface area contributed by atoms with E-state index in [1.165, 1.54) is 37.7 Å². The van der Waals surface area contributed by atoms with Crippen molar-refractivity contribution in [2.75, 3.05) is 0 Å². The van der Waals surface area contributed by atoms with Gasteiger partial charge in [-0.1, -0.05) is 61.9 Å². The van der Waals surface area contributed by atoms with E-state index in [1.54, 1.807) is 36.7 Å². The molecule has 0 spiro atoms. The molecule has 1 amide bonds. The van der Waals surface area contributed by atoms with Crippen LogP contribution in [-0.4, -0.2) is 38.0 Å². The van der Waals surface area contributed by atoms with E-state index >= 15 is 0 Å². The Balaban J connectivity index is 1.19.